The minimum absolute atomic E-state index is 0.0486. The minimum atomic E-state index is -0.458. The molecule has 0 spiro atoms. The predicted octanol–water partition coefficient (Wildman–Crippen LogP) is 0.574. The van der Waals surface area contributed by atoms with E-state index < -0.39 is 5.54 Å². The number of aliphatic hydroxyl groups excluding tert-OH is 1. The number of hydrogen-bond acceptors (Lipinski definition) is 1. The third-order valence-corrected chi connectivity index (χ3v) is 1.86. The first kappa shape index (κ1) is 6.05. The van der Waals surface area contributed by atoms with Crippen molar-refractivity contribution in [2.75, 3.05) is 6.61 Å². The summed E-state index contributed by atoms with van der Waals surface area (Å²) >= 11 is 0. The van der Waals surface area contributed by atoms with Crippen molar-refractivity contribution in [2.24, 2.45) is 0 Å². The van der Waals surface area contributed by atoms with Crippen molar-refractivity contribution < 1.29 is 5.11 Å². The molecule has 1 fully saturated rings. The third-order valence-electron chi connectivity index (χ3n) is 1.86. The number of hydrogen-bond donors (Lipinski definition) is 1. The van der Waals surface area contributed by atoms with Crippen LogP contribution in [0.2, 0.25) is 0 Å². The Morgan fingerprint density at radius 1 is 1.38 bits per heavy atom. The lowest BCUT2D eigenvalue weighted by atomic mass is 10.0. The van der Waals surface area contributed by atoms with Crippen LogP contribution in [0.25, 0.3) is 0 Å². The fourth-order valence-electron chi connectivity index (χ4n) is 1.21. The molecule has 0 aliphatic heterocycles. The molecular weight excluding hydrogens is 102 g/mol. The SMILES string of the molecule is [NH]C1(CO)CCCC1. The van der Waals surface area contributed by atoms with Gasteiger partial charge in [0.2, 0.25) is 0 Å². The molecule has 2 heteroatoms. The molecule has 0 aromatic rings. The first-order chi connectivity index (χ1) is 3.77. The van der Waals surface area contributed by atoms with Gasteiger partial charge in [-0.2, -0.15) is 0 Å². The lowest BCUT2D eigenvalue weighted by Crippen LogP contribution is -2.30. The molecule has 0 aromatic heterocycles. The Balaban J connectivity index is 2.40. The number of nitrogens with one attached hydrogen (secondary N) is 1. The van der Waals surface area contributed by atoms with E-state index in [4.69, 9.17) is 10.8 Å². The molecule has 0 heterocycles. The molecule has 0 unspecified atom stereocenters. The van der Waals surface area contributed by atoms with Crippen LogP contribution in [0.5, 0.6) is 0 Å². The van der Waals surface area contributed by atoms with Crippen molar-refractivity contribution in [3.05, 3.63) is 0 Å². The smallest absolute Gasteiger partial charge is 0.0626 e. The molecule has 2 nitrogen and oxygen atoms in total. The molecule has 1 radical (unpaired) electrons. The Morgan fingerprint density at radius 3 is 2.12 bits per heavy atom. The van der Waals surface area contributed by atoms with Crippen molar-refractivity contribution in [1.82, 2.24) is 5.73 Å². The van der Waals surface area contributed by atoms with Crippen LogP contribution < -0.4 is 5.73 Å². The highest BCUT2D eigenvalue weighted by molar-refractivity contribution is 4.87. The van der Waals surface area contributed by atoms with Crippen LogP contribution >= 0.6 is 0 Å². The van der Waals surface area contributed by atoms with E-state index >= 15 is 0 Å². The molecule has 2 N–H and O–H groups in total. The Hall–Kier alpha value is -0.0800. The van der Waals surface area contributed by atoms with Gasteiger partial charge in [0.05, 0.1) is 12.1 Å². The number of rotatable bonds is 1. The van der Waals surface area contributed by atoms with E-state index in [1.54, 1.807) is 0 Å². The molecule has 0 saturated heterocycles. The summed E-state index contributed by atoms with van der Waals surface area (Å²) in [5.41, 5.74) is 7.02. The first-order valence-electron chi connectivity index (χ1n) is 3.13. The predicted molar refractivity (Wildman–Crippen MR) is 31.4 cm³/mol. The van der Waals surface area contributed by atoms with Gasteiger partial charge in [-0.3, -0.25) is 0 Å². The topological polar surface area (TPSA) is 44.0 Å². The quantitative estimate of drug-likeness (QED) is 0.532. The molecule has 8 heavy (non-hydrogen) atoms. The maximum Gasteiger partial charge on any atom is 0.0626 e. The van der Waals surface area contributed by atoms with Gasteiger partial charge < -0.3 is 5.11 Å². The maximum absolute atomic E-state index is 8.64. The lowest BCUT2D eigenvalue weighted by molar-refractivity contribution is 0.194. The van der Waals surface area contributed by atoms with E-state index in [1.807, 2.05) is 0 Å². The average molecular weight is 114 g/mol. The Morgan fingerprint density at radius 2 is 1.88 bits per heavy atom. The van der Waals surface area contributed by atoms with Crippen molar-refractivity contribution in [1.29, 1.82) is 0 Å². The van der Waals surface area contributed by atoms with Crippen molar-refractivity contribution in [3.63, 3.8) is 0 Å². The van der Waals surface area contributed by atoms with Crippen LogP contribution in [0, 0.1) is 0 Å². The fraction of sp³-hybridized carbons (Fsp3) is 1.00. The normalized spacial score (nSPS) is 26.2. The van der Waals surface area contributed by atoms with E-state index in [1.165, 1.54) is 0 Å². The minimum Gasteiger partial charge on any atom is -0.394 e. The van der Waals surface area contributed by atoms with Gasteiger partial charge in [-0.15, -0.1) is 0 Å². The van der Waals surface area contributed by atoms with Crippen LogP contribution in [0.1, 0.15) is 25.7 Å². The fourth-order valence-corrected chi connectivity index (χ4v) is 1.21. The number of aliphatic hydroxyl groups is 1. The van der Waals surface area contributed by atoms with Gasteiger partial charge in [0, 0.05) is 0 Å². The zero-order chi connectivity index (χ0) is 6.04. The standard InChI is InChI=1S/C6H12NO/c7-6(5-8)3-1-2-4-6/h7-8H,1-5H2. The molecular formula is C6H12NO. The van der Waals surface area contributed by atoms with Crippen molar-refractivity contribution in [2.45, 2.75) is 31.2 Å². The molecule has 1 saturated carbocycles. The monoisotopic (exact) mass is 114 g/mol. The summed E-state index contributed by atoms with van der Waals surface area (Å²) in [7, 11) is 0. The zero-order valence-corrected chi connectivity index (χ0v) is 4.98. The summed E-state index contributed by atoms with van der Waals surface area (Å²) in [5.74, 6) is 0. The zero-order valence-electron chi connectivity index (χ0n) is 4.98. The van der Waals surface area contributed by atoms with Gasteiger partial charge in [-0.05, 0) is 12.8 Å². The van der Waals surface area contributed by atoms with Gasteiger partial charge in [-0.25, -0.2) is 5.73 Å². The molecule has 1 aliphatic rings. The van der Waals surface area contributed by atoms with Crippen LogP contribution in [0.3, 0.4) is 0 Å². The van der Waals surface area contributed by atoms with Gasteiger partial charge >= 0.3 is 0 Å². The second kappa shape index (κ2) is 2.03. The van der Waals surface area contributed by atoms with E-state index in [2.05, 4.69) is 0 Å². The highest BCUT2D eigenvalue weighted by Gasteiger charge is 2.28. The summed E-state index contributed by atoms with van der Waals surface area (Å²) in [6.07, 6.45) is 4.04. The van der Waals surface area contributed by atoms with Gasteiger partial charge in [-0.1, -0.05) is 12.8 Å². The highest BCUT2D eigenvalue weighted by Crippen LogP contribution is 2.27. The summed E-state index contributed by atoms with van der Waals surface area (Å²) in [4.78, 5) is 0. The third kappa shape index (κ3) is 1.01. The maximum atomic E-state index is 8.64. The van der Waals surface area contributed by atoms with Crippen LogP contribution in [-0.2, 0) is 0 Å². The molecule has 0 amide bonds. The second-order valence-electron chi connectivity index (χ2n) is 2.65. The van der Waals surface area contributed by atoms with Gasteiger partial charge in [0.15, 0.2) is 0 Å². The first-order valence-corrected chi connectivity index (χ1v) is 3.13. The molecule has 0 bridgehead atoms. The molecule has 1 rings (SSSR count). The summed E-state index contributed by atoms with van der Waals surface area (Å²) in [5, 5.41) is 8.64. The summed E-state index contributed by atoms with van der Waals surface area (Å²) in [6, 6.07) is 0. The van der Waals surface area contributed by atoms with Crippen molar-refractivity contribution >= 4 is 0 Å². The molecule has 0 atom stereocenters. The Bertz CT molecular complexity index is 76.6. The van der Waals surface area contributed by atoms with Crippen molar-refractivity contribution in [3.8, 4) is 0 Å². The van der Waals surface area contributed by atoms with Gasteiger partial charge in [0.25, 0.3) is 0 Å². The Labute approximate surface area is 49.7 Å². The van der Waals surface area contributed by atoms with Gasteiger partial charge in [0.1, 0.15) is 0 Å². The van der Waals surface area contributed by atoms with Crippen LogP contribution in [-0.4, -0.2) is 17.3 Å². The lowest BCUT2D eigenvalue weighted by Gasteiger charge is -2.17. The summed E-state index contributed by atoms with van der Waals surface area (Å²) < 4.78 is 0. The molecule has 1 aliphatic carbocycles. The molecule has 0 aromatic carbocycles. The molecule has 47 valence electrons. The average Bonchev–Trinajstić information content (AvgIpc) is 2.17. The Kier molecular flexibility index (Phi) is 1.54. The largest absolute Gasteiger partial charge is 0.394 e. The van der Waals surface area contributed by atoms with E-state index in [0.29, 0.717) is 0 Å². The van der Waals surface area contributed by atoms with Crippen LogP contribution in [0.4, 0.5) is 0 Å². The van der Waals surface area contributed by atoms with E-state index in [9.17, 15) is 0 Å². The van der Waals surface area contributed by atoms with E-state index in [0.717, 1.165) is 25.7 Å². The van der Waals surface area contributed by atoms with Crippen LogP contribution in [0.15, 0.2) is 0 Å². The van der Waals surface area contributed by atoms with E-state index in [-0.39, 0.29) is 6.61 Å². The highest BCUT2D eigenvalue weighted by atomic mass is 16.3. The second-order valence-corrected chi connectivity index (χ2v) is 2.65. The summed E-state index contributed by atoms with van der Waals surface area (Å²) in [6.45, 7) is 0.0486.